The molecule has 1 nitrogen and oxygen atoms in total. The van der Waals surface area contributed by atoms with Crippen molar-refractivity contribution in [1.29, 1.82) is 0 Å². The maximum atomic E-state index is 12.3. The maximum Gasteiger partial charge on any atom is 0.446 e. The number of alkyl halides is 3. The van der Waals surface area contributed by atoms with Crippen LogP contribution in [0.3, 0.4) is 0 Å². The molecule has 1 aliphatic rings. The predicted octanol–water partition coefficient (Wildman–Crippen LogP) is 3.80. The third-order valence-electron chi connectivity index (χ3n) is 2.64. The Morgan fingerprint density at radius 1 is 1.24 bits per heavy atom. The van der Waals surface area contributed by atoms with E-state index in [1.54, 1.807) is 18.2 Å². The molecule has 0 atom stereocenters. The highest BCUT2D eigenvalue weighted by atomic mass is 32.2. The van der Waals surface area contributed by atoms with Crippen LogP contribution < -0.4 is 5.32 Å². The lowest BCUT2D eigenvalue weighted by Gasteiger charge is -2.11. The van der Waals surface area contributed by atoms with Gasteiger partial charge in [-0.25, -0.2) is 0 Å². The van der Waals surface area contributed by atoms with Crippen LogP contribution in [0.5, 0.6) is 0 Å². The van der Waals surface area contributed by atoms with E-state index in [0.29, 0.717) is 11.4 Å². The molecule has 94 valence electrons. The molecule has 0 heterocycles. The van der Waals surface area contributed by atoms with Crippen molar-refractivity contribution in [3.8, 4) is 0 Å². The number of rotatable bonds is 5. The molecule has 17 heavy (non-hydrogen) atoms. The van der Waals surface area contributed by atoms with Gasteiger partial charge in [-0.15, -0.1) is 0 Å². The van der Waals surface area contributed by atoms with Crippen molar-refractivity contribution in [2.45, 2.75) is 29.8 Å². The summed E-state index contributed by atoms with van der Waals surface area (Å²) in [5, 5.41) is 3.21. The Morgan fingerprint density at radius 2 is 1.94 bits per heavy atom. The standard InChI is InChI=1S/C12H14F3NS/c13-12(14,15)17-11-4-2-1-3-10(11)8-16-7-9-5-6-9/h1-4,9,16H,5-8H2. The maximum absolute atomic E-state index is 12.3. The van der Waals surface area contributed by atoms with Crippen LogP contribution in [-0.2, 0) is 6.54 Å². The van der Waals surface area contributed by atoms with Gasteiger partial charge in [0, 0.05) is 11.4 Å². The van der Waals surface area contributed by atoms with Crippen molar-refractivity contribution in [2.24, 2.45) is 5.92 Å². The van der Waals surface area contributed by atoms with Crippen LogP contribution in [-0.4, -0.2) is 12.1 Å². The molecule has 1 aromatic carbocycles. The Labute approximate surface area is 103 Å². The zero-order chi connectivity index (χ0) is 12.3. The van der Waals surface area contributed by atoms with Crippen molar-refractivity contribution >= 4 is 11.8 Å². The summed E-state index contributed by atoms with van der Waals surface area (Å²) in [6.45, 7) is 1.42. The number of benzene rings is 1. The molecule has 5 heteroatoms. The fourth-order valence-electron chi connectivity index (χ4n) is 1.61. The molecule has 0 radical (unpaired) electrons. The highest BCUT2D eigenvalue weighted by Crippen LogP contribution is 2.38. The molecule has 1 aromatic rings. The van der Waals surface area contributed by atoms with Crippen molar-refractivity contribution in [1.82, 2.24) is 5.32 Å². The molecule has 1 fully saturated rings. The first-order valence-corrected chi connectivity index (χ1v) is 6.40. The molecular weight excluding hydrogens is 247 g/mol. The molecule has 0 amide bonds. The second-order valence-electron chi connectivity index (χ2n) is 4.23. The van der Waals surface area contributed by atoms with Crippen molar-refractivity contribution in [3.05, 3.63) is 29.8 Å². The summed E-state index contributed by atoms with van der Waals surface area (Å²) in [5.41, 5.74) is -3.50. The summed E-state index contributed by atoms with van der Waals surface area (Å²) in [4.78, 5) is 0.295. The minimum absolute atomic E-state index is 0.0382. The molecule has 1 aliphatic carbocycles. The molecule has 0 saturated heterocycles. The third kappa shape index (κ3) is 4.60. The van der Waals surface area contributed by atoms with E-state index in [-0.39, 0.29) is 11.8 Å². The first-order chi connectivity index (χ1) is 8.04. The van der Waals surface area contributed by atoms with Crippen molar-refractivity contribution in [2.75, 3.05) is 6.54 Å². The van der Waals surface area contributed by atoms with Gasteiger partial charge in [0.15, 0.2) is 0 Å². The van der Waals surface area contributed by atoms with E-state index in [0.717, 1.165) is 18.0 Å². The fraction of sp³-hybridized carbons (Fsp3) is 0.500. The summed E-state index contributed by atoms with van der Waals surface area (Å²) >= 11 is -0.0382. The van der Waals surface area contributed by atoms with Gasteiger partial charge in [0.2, 0.25) is 0 Å². The molecule has 1 saturated carbocycles. The quantitative estimate of drug-likeness (QED) is 0.809. The Kier molecular flexibility index (Phi) is 3.99. The fourth-order valence-corrected chi connectivity index (χ4v) is 2.27. The molecule has 0 spiro atoms. The topological polar surface area (TPSA) is 12.0 Å². The van der Waals surface area contributed by atoms with Crippen LogP contribution in [0.1, 0.15) is 18.4 Å². The highest BCUT2D eigenvalue weighted by molar-refractivity contribution is 8.00. The van der Waals surface area contributed by atoms with E-state index in [2.05, 4.69) is 5.32 Å². The zero-order valence-electron chi connectivity index (χ0n) is 9.26. The molecule has 2 rings (SSSR count). The summed E-state index contributed by atoms with van der Waals surface area (Å²) in [6.07, 6.45) is 2.48. The summed E-state index contributed by atoms with van der Waals surface area (Å²) in [5.74, 6) is 0.734. The third-order valence-corrected chi connectivity index (χ3v) is 3.49. The lowest BCUT2D eigenvalue weighted by Crippen LogP contribution is -2.16. The molecule has 0 aliphatic heterocycles. The van der Waals surface area contributed by atoms with Crippen LogP contribution in [0.25, 0.3) is 0 Å². The van der Waals surface area contributed by atoms with Gasteiger partial charge in [-0.2, -0.15) is 13.2 Å². The molecule has 0 bridgehead atoms. The first-order valence-electron chi connectivity index (χ1n) is 5.59. The zero-order valence-corrected chi connectivity index (χ0v) is 10.1. The lowest BCUT2D eigenvalue weighted by atomic mass is 10.2. The Balaban J connectivity index is 1.94. The van der Waals surface area contributed by atoms with Crippen LogP contribution >= 0.6 is 11.8 Å². The average Bonchev–Trinajstić information content (AvgIpc) is 3.02. The smallest absolute Gasteiger partial charge is 0.312 e. The normalized spacial score (nSPS) is 16.2. The van der Waals surface area contributed by atoms with E-state index in [1.807, 2.05) is 0 Å². The van der Waals surface area contributed by atoms with Gasteiger partial charge in [0.25, 0.3) is 0 Å². The number of halogens is 3. The van der Waals surface area contributed by atoms with Gasteiger partial charge in [0.1, 0.15) is 0 Å². The van der Waals surface area contributed by atoms with Crippen LogP contribution in [0, 0.1) is 5.92 Å². The van der Waals surface area contributed by atoms with Gasteiger partial charge < -0.3 is 5.32 Å². The highest BCUT2D eigenvalue weighted by Gasteiger charge is 2.30. The van der Waals surface area contributed by atoms with Crippen LogP contribution in [0.4, 0.5) is 13.2 Å². The molecule has 0 aromatic heterocycles. The summed E-state index contributed by atoms with van der Waals surface area (Å²) < 4.78 is 37.0. The van der Waals surface area contributed by atoms with Gasteiger partial charge in [0.05, 0.1) is 0 Å². The van der Waals surface area contributed by atoms with Crippen molar-refractivity contribution in [3.63, 3.8) is 0 Å². The van der Waals surface area contributed by atoms with Gasteiger partial charge in [-0.05, 0) is 48.7 Å². The Bertz CT molecular complexity index is 374. The molecule has 0 unspecified atom stereocenters. The predicted molar refractivity (Wildman–Crippen MR) is 62.8 cm³/mol. The summed E-state index contributed by atoms with van der Waals surface area (Å²) in [6, 6.07) is 6.67. The number of hydrogen-bond acceptors (Lipinski definition) is 2. The minimum Gasteiger partial charge on any atom is -0.312 e. The number of thioether (sulfide) groups is 1. The Morgan fingerprint density at radius 3 is 2.59 bits per heavy atom. The second kappa shape index (κ2) is 5.31. The largest absolute Gasteiger partial charge is 0.446 e. The lowest BCUT2D eigenvalue weighted by molar-refractivity contribution is -0.0328. The SMILES string of the molecule is FC(F)(F)Sc1ccccc1CNCC1CC1. The van der Waals surface area contributed by atoms with E-state index in [1.165, 1.54) is 18.9 Å². The Hall–Kier alpha value is -0.680. The van der Waals surface area contributed by atoms with Crippen molar-refractivity contribution < 1.29 is 13.2 Å². The first kappa shape index (κ1) is 12.8. The van der Waals surface area contributed by atoms with E-state index < -0.39 is 5.51 Å². The minimum atomic E-state index is -4.22. The monoisotopic (exact) mass is 261 g/mol. The van der Waals surface area contributed by atoms with Crippen LogP contribution in [0.15, 0.2) is 29.2 Å². The van der Waals surface area contributed by atoms with Crippen LogP contribution in [0.2, 0.25) is 0 Å². The van der Waals surface area contributed by atoms with E-state index >= 15 is 0 Å². The van der Waals surface area contributed by atoms with E-state index in [4.69, 9.17) is 0 Å². The molecular formula is C12H14F3NS. The van der Waals surface area contributed by atoms with E-state index in [9.17, 15) is 13.2 Å². The average molecular weight is 261 g/mol. The van der Waals surface area contributed by atoms with Gasteiger partial charge in [-0.1, -0.05) is 18.2 Å². The second-order valence-corrected chi connectivity index (χ2v) is 5.34. The van der Waals surface area contributed by atoms with Gasteiger partial charge >= 0.3 is 5.51 Å². The molecule has 1 N–H and O–H groups in total. The summed E-state index contributed by atoms with van der Waals surface area (Å²) in [7, 11) is 0. The van der Waals surface area contributed by atoms with Gasteiger partial charge in [-0.3, -0.25) is 0 Å². The number of hydrogen-bond donors (Lipinski definition) is 1. The number of nitrogens with one attached hydrogen (secondary N) is 1.